The van der Waals surface area contributed by atoms with Gasteiger partial charge in [0.15, 0.2) is 0 Å². The minimum Gasteiger partial charge on any atom is -0.508 e. The fourth-order valence-corrected chi connectivity index (χ4v) is 3.86. The van der Waals surface area contributed by atoms with Crippen molar-refractivity contribution >= 4 is 18.0 Å². The molecule has 1 aromatic carbocycles. The van der Waals surface area contributed by atoms with Crippen LogP contribution in [0.3, 0.4) is 0 Å². The molecule has 5 rings (SSSR count). The predicted octanol–water partition coefficient (Wildman–Crippen LogP) is 1.92. The molecule has 2 amide bonds. The molecule has 0 spiro atoms. The summed E-state index contributed by atoms with van der Waals surface area (Å²) in [4.78, 5) is 25.1. The highest BCUT2D eigenvalue weighted by Gasteiger charge is 2.56. The van der Waals surface area contributed by atoms with E-state index in [-0.39, 0.29) is 41.2 Å². The second-order valence-corrected chi connectivity index (χ2v) is 6.17. The maximum absolute atomic E-state index is 12.5. The molecule has 1 aliphatic heterocycles. The van der Waals surface area contributed by atoms with Crippen LogP contribution < -0.4 is 0 Å². The summed E-state index contributed by atoms with van der Waals surface area (Å²) in [6, 6.07) is 6.45. The first-order valence-corrected chi connectivity index (χ1v) is 7.54. The first kappa shape index (κ1) is 13.2. The van der Waals surface area contributed by atoms with Crippen LogP contribution in [0.4, 0.5) is 0 Å². The van der Waals surface area contributed by atoms with Crippen LogP contribution in [0.5, 0.6) is 5.75 Å². The Balaban J connectivity index is 1.60. The lowest BCUT2D eigenvalue weighted by atomic mass is 9.63. The standard InChI is InChI=1S/C17H16N2O3/c20-13-7-1-10(2-8-13)9-18-19-16(21)14-11-3-4-12(6-5-11)15(14)17(19)22/h1-4,7-9,11-12,14-15,20H,5-6H2/b18-9+/t11-,12-,14+,15+/m1/s1. The Morgan fingerprint density at radius 3 is 2.05 bits per heavy atom. The molecule has 5 nitrogen and oxygen atoms in total. The lowest BCUT2D eigenvalue weighted by molar-refractivity contribution is -0.140. The number of allylic oxidation sites excluding steroid dienone is 2. The van der Waals surface area contributed by atoms with Crippen molar-refractivity contribution in [2.45, 2.75) is 12.8 Å². The first-order chi connectivity index (χ1) is 10.6. The van der Waals surface area contributed by atoms with Crippen LogP contribution in [-0.2, 0) is 9.59 Å². The van der Waals surface area contributed by atoms with E-state index in [1.54, 1.807) is 24.3 Å². The molecular formula is C17H16N2O3. The number of nitrogens with zero attached hydrogens (tertiary/aromatic N) is 2. The number of hydrogen-bond acceptors (Lipinski definition) is 4. The van der Waals surface area contributed by atoms with Crippen molar-refractivity contribution in [2.24, 2.45) is 28.8 Å². The molecule has 4 atom stereocenters. The van der Waals surface area contributed by atoms with Crippen molar-refractivity contribution in [3.8, 4) is 5.75 Å². The number of amides is 2. The zero-order valence-corrected chi connectivity index (χ0v) is 11.9. The third-order valence-electron chi connectivity index (χ3n) is 4.95. The number of fused-ring (bicyclic) bond motifs is 1. The van der Waals surface area contributed by atoms with E-state index in [2.05, 4.69) is 17.3 Å². The summed E-state index contributed by atoms with van der Waals surface area (Å²) in [5.74, 6) is -0.283. The van der Waals surface area contributed by atoms with Gasteiger partial charge in [-0.25, -0.2) is 0 Å². The summed E-state index contributed by atoms with van der Waals surface area (Å²) in [5, 5.41) is 14.4. The third kappa shape index (κ3) is 1.89. The van der Waals surface area contributed by atoms with Crippen LogP contribution in [0.1, 0.15) is 18.4 Å². The van der Waals surface area contributed by atoms with Crippen molar-refractivity contribution < 1.29 is 14.7 Å². The van der Waals surface area contributed by atoms with E-state index in [1.807, 2.05) is 0 Å². The number of phenolic OH excluding ortho intramolecular Hbond substituents is 1. The minimum absolute atomic E-state index is 0.166. The monoisotopic (exact) mass is 296 g/mol. The van der Waals surface area contributed by atoms with Gasteiger partial charge in [-0.1, -0.05) is 12.2 Å². The van der Waals surface area contributed by atoms with Gasteiger partial charge in [-0.15, -0.1) is 0 Å². The van der Waals surface area contributed by atoms with Crippen LogP contribution in [0.25, 0.3) is 0 Å². The number of hydrazone groups is 1. The van der Waals surface area contributed by atoms with Crippen LogP contribution in [-0.4, -0.2) is 28.1 Å². The number of rotatable bonds is 2. The summed E-state index contributed by atoms with van der Waals surface area (Å²) in [5.41, 5.74) is 0.731. The Bertz CT molecular complexity index is 660. The van der Waals surface area contributed by atoms with E-state index >= 15 is 0 Å². The molecule has 2 bridgehead atoms. The Kier molecular flexibility index (Phi) is 2.89. The Labute approximate surface area is 127 Å². The van der Waals surface area contributed by atoms with Crippen LogP contribution in [0, 0.1) is 23.7 Å². The second-order valence-electron chi connectivity index (χ2n) is 6.17. The maximum atomic E-state index is 12.5. The molecule has 0 radical (unpaired) electrons. The maximum Gasteiger partial charge on any atom is 0.254 e. The number of aromatic hydroxyl groups is 1. The van der Waals surface area contributed by atoms with Crippen molar-refractivity contribution in [1.82, 2.24) is 5.01 Å². The third-order valence-corrected chi connectivity index (χ3v) is 4.95. The minimum atomic E-state index is -0.229. The lowest BCUT2D eigenvalue weighted by Gasteiger charge is -2.37. The predicted molar refractivity (Wildman–Crippen MR) is 79.9 cm³/mol. The van der Waals surface area contributed by atoms with Crippen molar-refractivity contribution in [1.29, 1.82) is 0 Å². The van der Waals surface area contributed by atoms with Crippen LogP contribution >= 0.6 is 0 Å². The highest BCUT2D eigenvalue weighted by Crippen LogP contribution is 2.49. The first-order valence-electron chi connectivity index (χ1n) is 7.54. The molecule has 0 unspecified atom stereocenters. The molecule has 1 saturated carbocycles. The molecule has 0 aromatic heterocycles. The molecule has 22 heavy (non-hydrogen) atoms. The molecule has 1 aromatic rings. The molecular weight excluding hydrogens is 280 g/mol. The van der Waals surface area contributed by atoms with Gasteiger partial charge in [0, 0.05) is 0 Å². The number of carbonyl (C=O) groups excluding carboxylic acids is 2. The smallest absolute Gasteiger partial charge is 0.254 e. The molecule has 5 heteroatoms. The van der Waals surface area contributed by atoms with Gasteiger partial charge in [0.05, 0.1) is 18.1 Å². The Hall–Kier alpha value is -2.43. The number of hydrogen-bond donors (Lipinski definition) is 1. The average molecular weight is 296 g/mol. The van der Waals surface area contributed by atoms with E-state index in [0.717, 1.165) is 23.4 Å². The SMILES string of the molecule is O=C1[C@@H]2[C@@H](C(=O)N1/N=C/c1ccc(O)cc1)[C@@H]1C=C[C@@H]2CC1. The zero-order chi connectivity index (χ0) is 15.3. The van der Waals surface area contributed by atoms with Gasteiger partial charge in [-0.2, -0.15) is 10.1 Å². The van der Waals surface area contributed by atoms with Gasteiger partial charge in [0.2, 0.25) is 0 Å². The lowest BCUT2D eigenvalue weighted by Crippen LogP contribution is -2.38. The quantitative estimate of drug-likeness (QED) is 0.515. The number of phenols is 1. The van der Waals surface area contributed by atoms with Gasteiger partial charge in [0.1, 0.15) is 5.75 Å². The summed E-state index contributed by atoms with van der Waals surface area (Å²) in [6.07, 6.45) is 7.64. The second kappa shape index (κ2) is 4.80. The number of imide groups is 1. The summed E-state index contributed by atoms with van der Waals surface area (Å²) < 4.78 is 0. The van der Waals surface area contributed by atoms with Gasteiger partial charge < -0.3 is 5.11 Å². The van der Waals surface area contributed by atoms with E-state index in [0.29, 0.717) is 0 Å². The Morgan fingerprint density at radius 1 is 1.00 bits per heavy atom. The zero-order valence-electron chi connectivity index (χ0n) is 11.9. The molecule has 3 aliphatic carbocycles. The number of benzene rings is 1. The average Bonchev–Trinajstić information content (AvgIpc) is 2.82. The molecule has 1 heterocycles. The highest BCUT2D eigenvalue weighted by molar-refractivity contribution is 6.06. The molecule has 1 saturated heterocycles. The fourth-order valence-electron chi connectivity index (χ4n) is 3.86. The van der Waals surface area contributed by atoms with E-state index < -0.39 is 0 Å². The summed E-state index contributed by atoms with van der Waals surface area (Å²) in [6.45, 7) is 0. The van der Waals surface area contributed by atoms with Crippen LogP contribution in [0.2, 0.25) is 0 Å². The normalized spacial score (nSPS) is 33.0. The summed E-state index contributed by atoms with van der Waals surface area (Å²) in [7, 11) is 0. The van der Waals surface area contributed by atoms with E-state index in [4.69, 9.17) is 0 Å². The van der Waals surface area contributed by atoms with Gasteiger partial charge >= 0.3 is 0 Å². The van der Waals surface area contributed by atoms with Crippen molar-refractivity contribution in [2.75, 3.05) is 0 Å². The summed E-state index contributed by atoms with van der Waals surface area (Å²) >= 11 is 0. The van der Waals surface area contributed by atoms with Gasteiger partial charge in [0.25, 0.3) is 11.8 Å². The topological polar surface area (TPSA) is 70.0 Å². The molecule has 4 aliphatic rings. The molecule has 1 N–H and O–H groups in total. The largest absolute Gasteiger partial charge is 0.508 e. The molecule has 2 fully saturated rings. The van der Waals surface area contributed by atoms with Gasteiger partial charge in [-0.05, 0) is 54.5 Å². The van der Waals surface area contributed by atoms with Crippen molar-refractivity contribution in [3.63, 3.8) is 0 Å². The van der Waals surface area contributed by atoms with Crippen molar-refractivity contribution in [3.05, 3.63) is 42.0 Å². The van der Waals surface area contributed by atoms with Crippen LogP contribution in [0.15, 0.2) is 41.5 Å². The van der Waals surface area contributed by atoms with Gasteiger partial charge in [-0.3, -0.25) is 9.59 Å². The molecule has 112 valence electrons. The Morgan fingerprint density at radius 2 is 1.55 bits per heavy atom. The highest BCUT2D eigenvalue weighted by atomic mass is 16.3. The fraction of sp³-hybridized carbons (Fsp3) is 0.353. The van der Waals surface area contributed by atoms with E-state index in [1.165, 1.54) is 6.21 Å². The van der Waals surface area contributed by atoms with E-state index in [9.17, 15) is 14.7 Å². The number of carbonyl (C=O) groups is 2.